The molecule has 1 saturated heterocycles. The van der Waals surface area contributed by atoms with Gasteiger partial charge in [-0.2, -0.15) is 0 Å². The average molecular weight is 526 g/mol. The van der Waals surface area contributed by atoms with Crippen LogP contribution >= 0.6 is 24.0 Å². The van der Waals surface area contributed by atoms with Gasteiger partial charge in [-0.1, -0.05) is 12.1 Å². The highest BCUT2D eigenvalue weighted by Gasteiger charge is 2.22. The Bertz CT molecular complexity index is 849. The van der Waals surface area contributed by atoms with Crippen molar-refractivity contribution in [3.05, 3.63) is 30.1 Å². The molecule has 2 aromatic rings. The monoisotopic (exact) mass is 526 g/mol. The van der Waals surface area contributed by atoms with Gasteiger partial charge in [0, 0.05) is 45.7 Å². The van der Waals surface area contributed by atoms with Crippen molar-refractivity contribution in [3.63, 3.8) is 0 Å². The van der Waals surface area contributed by atoms with Crippen molar-refractivity contribution in [1.82, 2.24) is 25.1 Å². The first-order valence-electron chi connectivity index (χ1n) is 10.8. The molecule has 30 heavy (non-hydrogen) atoms. The van der Waals surface area contributed by atoms with Crippen molar-refractivity contribution >= 4 is 46.9 Å². The van der Waals surface area contributed by atoms with Crippen LogP contribution in [-0.2, 0) is 11.3 Å². The highest BCUT2D eigenvalue weighted by Crippen LogP contribution is 2.17. The number of rotatable bonds is 7. The number of piperidine rings is 1. The predicted molar refractivity (Wildman–Crippen MR) is 134 cm³/mol. The van der Waals surface area contributed by atoms with E-state index in [0.717, 1.165) is 56.2 Å². The molecule has 166 valence electrons. The number of fused-ring (bicyclic) bond motifs is 1. The third-order valence-electron chi connectivity index (χ3n) is 5.67. The van der Waals surface area contributed by atoms with Gasteiger partial charge in [-0.3, -0.25) is 9.79 Å². The third kappa shape index (κ3) is 6.33. The number of guanidine groups is 1. The molecule has 0 aliphatic carbocycles. The van der Waals surface area contributed by atoms with Gasteiger partial charge in [0.2, 0.25) is 5.91 Å². The highest BCUT2D eigenvalue weighted by molar-refractivity contribution is 14.0. The van der Waals surface area contributed by atoms with Crippen LogP contribution in [0.1, 0.15) is 44.9 Å². The molecule has 2 N–H and O–H groups in total. The molecule has 1 amide bonds. The van der Waals surface area contributed by atoms with Gasteiger partial charge in [0.25, 0.3) is 0 Å². The molecule has 7 nitrogen and oxygen atoms in total. The largest absolute Gasteiger partial charge is 0.356 e. The fourth-order valence-electron chi connectivity index (χ4n) is 4.04. The van der Waals surface area contributed by atoms with Crippen molar-refractivity contribution in [1.29, 1.82) is 0 Å². The van der Waals surface area contributed by atoms with Gasteiger partial charge < -0.3 is 20.1 Å². The zero-order valence-electron chi connectivity index (χ0n) is 18.4. The number of imidazole rings is 1. The lowest BCUT2D eigenvalue weighted by atomic mass is 10.0. The number of benzene rings is 1. The molecule has 8 heteroatoms. The maximum absolute atomic E-state index is 12.4. The van der Waals surface area contributed by atoms with Crippen molar-refractivity contribution in [3.8, 4) is 0 Å². The highest BCUT2D eigenvalue weighted by atomic mass is 127. The van der Waals surface area contributed by atoms with Gasteiger partial charge in [0.15, 0.2) is 5.96 Å². The molecule has 1 aliphatic rings. The van der Waals surface area contributed by atoms with E-state index in [0.29, 0.717) is 19.0 Å². The van der Waals surface area contributed by atoms with E-state index in [-0.39, 0.29) is 29.9 Å². The Morgan fingerprint density at radius 2 is 2.00 bits per heavy atom. The van der Waals surface area contributed by atoms with Crippen LogP contribution < -0.4 is 10.6 Å². The first-order valence-corrected chi connectivity index (χ1v) is 10.8. The molecule has 1 unspecified atom stereocenters. The van der Waals surface area contributed by atoms with Crippen LogP contribution in [0.3, 0.4) is 0 Å². The van der Waals surface area contributed by atoms with E-state index in [1.165, 1.54) is 11.9 Å². The van der Waals surface area contributed by atoms with Crippen molar-refractivity contribution in [2.24, 2.45) is 4.99 Å². The number of nitrogens with one attached hydrogen (secondary N) is 2. The normalized spacial score (nSPS) is 17.0. The van der Waals surface area contributed by atoms with Crippen LogP contribution in [0.15, 0.2) is 29.3 Å². The summed E-state index contributed by atoms with van der Waals surface area (Å²) in [6.07, 6.45) is 4.94. The fourth-order valence-corrected chi connectivity index (χ4v) is 4.04. The summed E-state index contributed by atoms with van der Waals surface area (Å²) in [4.78, 5) is 23.3. The van der Waals surface area contributed by atoms with E-state index in [1.54, 1.807) is 7.05 Å². The summed E-state index contributed by atoms with van der Waals surface area (Å²) in [5, 5.41) is 6.60. The number of amides is 1. The molecule has 1 fully saturated rings. The van der Waals surface area contributed by atoms with Crippen LogP contribution in [0.5, 0.6) is 0 Å². The maximum atomic E-state index is 12.4. The Kier molecular flexibility index (Phi) is 9.87. The molecule has 1 aliphatic heterocycles. The molecular weight excluding hydrogens is 491 g/mol. The number of halogens is 1. The van der Waals surface area contributed by atoms with E-state index >= 15 is 0 Å². The van der Waals surface area contributed by atoms with E-state index in [2.05, 4.69) is 50.3 Å². The second-order valence-electron chi connectivity index (χ2n) is 7.76. The van der Waals surface area contributed by atoms with E-state index in [1.807, 2.05) is 17.9 Å². The van der Waals surface area contributed by atoms with E-state index in [9.17, 15) is 4.79 Å². The maximum Gasteiger partial charge on any atom is 0.224 e. The summed E-state index contributed by atoms with van der Waals surface area (Å²) in [5.74, 6) is 2.03. The molecule has 0 bridgehead atoms. The Labute approximate surface area is 196 Å². The number of hydrogen-bond acceptors (Lipinski definition) is 3. The topological polar surface area (TPSA) is 74.5 Å². The minimum absolute atomic E-state index is 0. The first-order chi connectivity index (χ1) is 14.1. The number of nitrogens with zero attached hydrogens (tertiary/aromatic N) is 4. The molecule has 1 atom stereocenters. The van der Waals surface area contributed by atoms with Gasteiger partial charge in [0.1, 0.15) is 5.82 Å². The quantitative estimate of drug-likeness (QED) is 0.251. The number of carbonyl (C=O) groups is 1. The number of para-hydroxylation sites is 2. The summed E-state index contributed by atoms with van der Waals surface area (Å²) in [7, 11) is 1.76. The average Bonchev–Trinajstić information content (AvgIpc) is 3.05. The van der Waals surface area contributed by atoms with E-state index < -0.39 is 0 Å². The van der Waals surface area contributed by atoms with Crippen molar-refractivity contribution < 1.29 is 4.79 Å². The molecule has 1 aromatic heterocycles. The number of aliphatic imine (C=N–C) groups is 1. The second kappa shape index (κ2) is 12.1. The van der Waals surface area contributed by atoms with Gasteiger partial charge in [-0.15, -0.1) is 24.0 Å². The standard InChI is InChI=1S/C22H34N6O.HI/c1-17-9-6-7-15-27(17)21(29)12-14-25-22(23-3)24-13-8-16-28-18(2)26-19-10-4-5-11-20(19)28;/h4-5,10-11,17H,6-9,12-16H2,1-3H3,(H2,23,24,25);1H. The van der Waals surface area contributed by atoms with Gasteiger partial charge in [-0.05, 0) is 51.7 Å². The molecule has 0 spiro atoms. The van der Waals surface area contributed by atoms with Gasteiger partial charge in [-0.25, -0.2) is 4.98 Å². The molecule has 0 saturated carbocycles. The lowest BCUT2D eigenvalue weighted by Crippen LogP contribution is -2.44. The van der Waals surface area contributed by atoms with Crippen LogP contribution in [0, 0.1) is 6.92 Å². The number of carbonyl (C=O) groups excluding carboxylic acids is 1. The lowest BCUT2D eigenvalue weighted by Gasteiger charge is -2.33. The first kappa shape index (κ1) is 24.4. The third-order valence-corrected chi connectivity index (χ3v) is 5.67. The van der Waals surface area contributed by atoms with Crippen molar-refractivity contribution in [2.45, 2.75) is 58.5 Å². The van der Waals surface area contributed by atoms with Crippen LogP contribution in [0.2, 0.25) is 0 Å². The SMILES string of the molecule is CN=C(NCCCn1c(C)nc2ccccc21)NCCC(=O)N1CCCCC1C.I. The summed E-state index contributed by atoms with van der Waals surface area (Å²) in [5.41, 5.74) is 2.22. The van der Waals surface area contributed by atoms with Crippen LogP contribution in [-0.4, -0.2) is 59.0 Å². The van der Waals surface area contributed by atoms with Gasteiger partial charge >= 0.3 is 0 Å². The molecular formula is C22H35IN6O. The molecule has 3 rings (SSSR count). The zero-order chi connectivity index (χ0) is 20.6. The summed E-state index contributed by atoms with van der Waals surface area (Å²) >= 11 is 0. The Balaban J connectivity index is 0.00000320. The predicted octanol–water partition coefficient (Wildman–Crippen LogP) is 3.31. The van der Waals surface area contributed by atoms with Gasteiger partial charge in [0.05, 0.1) is 11.0 Å². The summed E-state index contributed by atoms with van der Waals surface area (Å²) < 4.78 is 2.26. The molecule has 0 radical (unpaired) electrons. The molecule has 2 heterocycles. The smallest absolute Gasteiger partial charge is 0.224 e. The second-order valence-corrected chi connectivity index (χ2v) is 7.76. The molecule has 1 aromatic carbocycles. The number of likely N-dealkylation sites (tertiary alicyclic amines) is 1. The fraction of sp³-hybridized carbons (Fsp3) is 0.591. The summed E-state index contributed by atoms with van der Waals surface area (Å²) in [6.45, 7) is 7.41. The summed E-state index contributed by atoms with van der Waals surface area (Å²) in [6, 6.07) is 8.61. The lowest BCUT2D eigenvalue weighted by molar-refractivity contribution is -0.134. The minimum Gasteiger partial charge on any atom is -0.356 e. The number of aromatic nitrogens is 2. The zero-order valence-corrected chi connectivity index (χ0v) is 20.7. The van der Waals surface area contributed by atoms with Crippen LogP contribution in [0.4, 0.5) is 0 Å². The number of aryl methyl sites for hydroxylation is 2. The number of hydrogen-bond donors (Lipinski definition) is 2. The van der Waals surface area contributed by atoms with Crippen LogP contribution in [0.25, 0.3) is 11.0 Å². The Morgan fingerprint density at radius 1 is 1.23 bits per heavy atom. The Morgan fingerprint density at radius 3 is 2.77 bits per heavy atom. The van der Waals surface area contributed by atoms with Crippen molar-refractivity contribution in [2.75, 3.05) is 26.7 Å². The Hall–Kier alpha value is -1.84. The van der Waals surface area contributed by atoms with E-state index in [4.69, 9.17) is 0 Å². The minimum atomic E-state index is 0.